The highest BCUT2D eigenvalue weighted by Gasteiger charge is 1.98. The van der Waals surface area contributed by atoms with Crippen LogP contribution in [0.25, 0.3) is 24.3 Å². The van der Waals surface area contributed by atoms with E-state index in [0.717, 1.165) is 11.1 Å². The van der Waals surface area contributed by atoms with Crippen LogP contribution in [0.15, 0.2) is 92.7 Å². The number of ether oxygens (including phenoxy) is 2. The van der Waals surface area contributed by atoms with Gasteiger partial charge in [0.25, 0.3) is 0 Å². The molecule has 0 radical (unpaired) electrons. The summed E-state index contributed by atoms with van der Waals surface area (Å²) in [5.41, 5.74) is 1.84. The molecule has 5 rings (SSSR count). The fourth-order valence-corrected chi connectivity index (χ4v) is 5.18. The van der Waals surface area contributed by atoms with Gasteiger partial charge < -0.3 is 19.7 Å². The lowest BCUT2D eigenvalue weighted by molar-refractivity contribution is 0.407. The van der Waals surface area contributed by atoms with Crippen molar-refractivity contribution in [2.45, 2.75) is 0 Å². The summed E-state index contributed by atoms with van der Waals surface area (Å²) in [6.45, 7) is 0. The molecule has 0 aliphatic carbocycles. The smallest absolute Gasteiger partial charge is 0.123 e. The number of halogens is 1. The Morgan fingerprint density at radius 3 is 1.37 bits per heavy atom. The molecule has 3 aromatic heterocycles. The summed E-state index contributed by atoms with van der Waals surface area (Å²) < 4.78 is 11.4. The van der Waals surface area contributed by atoms with Crippen molar-refractivity contribution in [3.8, 4) is 23.0 Å². The van der Waals surface area contributed by atoms with Crippen LogP contribution >= 0.6 is 49.9 Å². The van der Waals surface area contributed by atoms with Gasteiger partial charge in [0.1, 0.15) is 23.0 Å². The fraction of sp³-hybridized carbons (Fsp3) is 0.0667. The van der Waals surface area contributed by atoms with E-state index in [0.29, 0.717) is 11.5 Å². The number of phenolic OH excluding ortho intramolecular Hbond substituents is 2. The van der Waals surface area contributed by atoms with Crippen molar-refractivity contribution in [2.24, 2.45) is 0 Å². The van der Waals surface area contributed by atoms with E-state index in [2.05, 4.69) is 15.9 Å². The lowest BCUT2D eigenvalue weighted by Gasteiger charge is -2.02. The highest BCUT2D eigenvalue weighted by molar-refractivity contribution is 9.11. The number of methoxy groups -OCH3 is 2. The van der Waals surface area contributed by atoms with E-state index in [9.17, 15) is 10.2 Å². The van der Waals surface area contributed by atoms with Crippen LogP contribution < -0.4 is 9.47 Å². The van der Waals surface area contributed by atoms with Crippen LogP contribution in [0, 0.1) is 0 Å². The molecule has 5 aromatic rings. The molecule has 196 valence electrons. The molecule has 8 heteroatoms. The van der Waals surface area contributed by atoms with Gasteiger partial charge in [0, 0.05) is 21.9 Å². The number of hydrogen-bond acceptors (Lipinski definition) is 7. The molecule has 4 nitrogen and oxygen atoms in total. The first-order valence-electron chi connectivity index (χ1n) is 11.3. The Morgan fingerprint density at radius 1 is 0.605 bits per heavy atom. The number of thiophene rings is 3. The molecule has 0 unspecified atom stereocenters. The van der Waals surface area contributed by atoms with Crippen LogP contribution in [-0.2, 0) is 0 Å². The minimum atomic E-state index is 0.213. The minimum Gasteiger partial charge on any atom is -0.508 e. The number of rotatable bonds is 6. The first-order chi connectivity index (χ1) is 18.4. The molecule has 2 aromatic carbocycles. The van der Waals surface area contributed by atoms with Gasteiger partial charge in [-0.15, -0.1) is 34.0 Å². The molecular weight excluding hydrogens is 600 g/mol. The summed E-state index contributed by atoms with van der Waals surface area (Å²) >= 11 is 8.35. The van der Waals surface area contributed by atoms with Gasteiger partial charge in [0.15, 0.2) is 0 Å². The average molecular weight is 628 g/mol. The highest BCUT2D eigenvalue weighted by Crippen LogP contribution is 2.24. The van der Waals surface area contributed by atoms with Gasteiger partial charge in [-0.05, 0) is 97.8 Å². The largest absolute Gasteiger partial charge is 0.508 e. The van der Waals surface area contributed by atoms with Crippen molar-refractivity contribution in [3.63, 3.8) is 0 Å². The van der Waals surface area contributed by atoms with E-state index in [-0.39, 0.29) is 11.5 Å². The maximum absolute atomic E-state index is 9.47. The third-order valence-corrected chi connectivity index (χ3v) is 7.91. The summed E-state index contributed by atoms with van der Waals surface area (Å²) in [6.07, 6.45) is 7.93. The van der Waals surface area contributed by atoms with Crippen molar-refractivity contribution >= 4 is 74.2 Å². The summed E-state index contributed by atoms with van der Waals surface area (Å²) in [7, 11) is 3.17. The highest BCUT2D eigenvalue weighted by atomic mass is 79.9. The molecule has 38 heavy (non-hydrogen) atoms. The standard InChI is InChI=1S/2C13H12O2S.C4H3BrS/c2*1-15-12-8-10(7-11(14)9-12)4-5-13-3-2-6-16-13;5-4-2-1-3-6-4/h2*2-9,14H,1H3;1-3H/b2*5-4+;. The molecule has 0 amide bonds. The minimum absolute atomic E-state index is 0.213. The van der Waals surface area contributed by atoms with E-state index in [4.69, 9.17) is 9.47 Å². The van der Waals surface area contributed by atoms with Crippen molar-refractivity contribution in [3.05, 3.63) is 114 Å². The van der Waals surface area contributed by atoms with Gasteiger partial charge in [-0.2, -0.15) is 0 Å². The van der Waals surface area contributed by atoms with Crippen LogP contribution in [0.3, 0.4) is 0 Å². The lowest BCUT2D eigenvalue weighted by atomic mass is 10.2. The Balaban J connectivity index is 0.000000173. The Hall–Kier alpha value is -3.30. The summed E-state index contributed by atoms with van der Waals surface area (Å²) in [5, 5.41) is 25.0. The first-order valence-corrected chi connectivity index (χ1v) is 14.8. The monoisotopic (exact) mass is 626 g/mol. The molecule has 0 aliphatic rings. The molecule has 0 bridgehead atoms. The average Bonchev–Trinajstić information content (AvgIpc) is 3.71. The Morgan fingerprint density at radius 2 is 1.05 bits per heavy atom. The second kappa shape index (κ2) is 15.8. The predicted octanol–water partition coefficient (Wildman–Crippen LogP) is 9.78. The van der Waals surface area contributed by atoms with Crippen molar-refractivity contribution < 1.29 is 19.7 Å². The van der Waals surface area contributed by atoms with Crippen LogP contribution in [0.1, 0.15) is 20.9 Å². The third-order valence-electron chi connectivity index (χ3n) is 4.75. The first kappa shape index (κ1) is 29.3. The predicted molar refractivity (Wildman–Crippen MR) is 168 cm³/mol. The second-order valence-corrected chi connectivity index (χ2v) is 11.8. The Bertz CT molecular complexity index is 1310. The molecule has 0 spiro atoms. The third kappa shape index (κ3) is 10.6. The zero-order valence-corrected chi connectivity index (χ0v) is 24.8. The van der Waals surface area contributed by atoms with Crippen LogP contribution in [0.5, 0.6) is 23.0 Å². The van der Waals surface area contributed by atoms with E-state index in [1.165, 1.54) is 13.5 Å². The van der Waals surface area contributed by atoms with E-state index >= 15 is 0 Å². The Labute approximate surface area is 243 Å². The van der Waals surface area contributed by atoms with Gasteiger partial charge >= 0.3 is 0 Å². The number of phenols is 2. The van der Waals surface area contributed by atoms with Crippen molar-refractivity contribution in [2.75, 3.05) is 14.2 Å². The molecule has 0 aliphatic heterocycles. The maximum atomic E-state index is 9.47. The van der Waals surface area contributed by atoms with E-state index in [1.54, 1.807) is 72.5 Å². The molecule has 0 saturated carbocycles. The number of aromatic hydroxyl groups is 2. The molecule has 0 saturated heterocycles. The van der Waals surface area contributed by atoms with Gasteiger partial charge in [-0.3, -0.25) is 0 Å². The molecular formula is C30H27BrO4S3. The molecule has 3 heterocycles. The van der Waals surface area contributed by atoms with Crippen molar-refractivity contribution in [1.29, 1.82) is 0 Å². The van der Waals surface area contributed by atoms with Crippen LogP contribution in [0.4, 0.5) is 0 Å². The summed E-state index contributed by atoms with van der Waals surface area (Å²) in [6, 6.07) is 22.5. The molecule has 0 atom stereocenters. The summed E-state index contributed by atoms with van der Waals surface area (Å²) in [5.74, 6) is 1.74. The van der Waals surface area contributed by atoms with Crippen molar-refractivity contribution in [1.82, 2.24) is 0 Å². The van der Waals surface area contributed by atoms with Gasteiger partial charge in [0.2, 0.25) is 0 Å². The van der Waals surface area contributed by atoms with Crippen LogP contribution in [-0.4, -0.2) is 24.4 Å². The van der Waals surface area contributed by atoms with E-state index < -0.39 is 0 Å². The zero-order valence-electron chi connectivity index (χ0n) is 20.8. The maximum Gasteiger partial charge on any atom is 0.123 e. The topological polar surface area (TPSA) is 58.9 Å². The zero-order chi connectivity index (χ0) is 27.2. The fourth-order valence-electron chi connectivity index (χ4n) is 3.03. The second-order valence-electron chi connectivity index (χ2n) is 7.54. The quantitative estimate of drug-likeness (QED) is 0.197. The van der Waals surface area contributed by atoms with E-state index in [1.807, 2.05) is 89.0 Å². The lowest BCUT2D eigenvalue weighted by Crippen LogP contribution is -1.83. The Kier molecular flexibility index (Phi) is 12.2. The number of hydrogen-bond donors (Lipinski definition) is 2. The normalized spacial score (nSPS) is 10.5. The van der Waals surface area contributed by atoms with Gasteiger partial charge in [-0.25, -0.2) is 0 Å². The molecule has 0 fully saturated rings. The van der Waals surface area contributed by atoms with Crippen LogP contribution in [0.2, 0.25) is 0 Å². The van der Waals surface area contributed by atoms with Gasteiger partial charge in [-0.1, -0.05) is 30.4 Å². The molecule has 2 N–H and O–H groups in total. The van der Waals surface area contributed by atoms with Gasteiger partial charge in [0.05, 0.1) is 18.0 Å². The number of benzene rings is 2. The SMILES string of the molecule is Brc1cccs1.COc1cc(O)cc(/C=C/c2cccs2)c1.COc1cc(O)cc(/C=C/c2cccs2)c1. The summed E-state index contributed by atoms with van der Waals surface area (Å²) in [4.78, 5) is 2.37.